The molecule has 1 aromatic rings. The van der Waals surface area contributed by atoms with Gasteiger partial charge in [0.05, 0.1) is 7.11 Å². The Morgan fingerprint density at radius 2 is 2.15 bits per heavy atom. The van der Waals surface area contributed by atoms with Crippen molar-refractivity contribution in [1.29, 1.82) is 0 Å². The van der Waals surface area contributed by atoms with E-state index < -0.39 is 5.97 Å². The fraction of sp³-hybridized carbons (Fsp3) is 0.286. The van der Waals surface area contributed by atoms with Crippen LogP contribution in [0.2, 0.25) is 5.02 Å². The van der Waals surface area contributed by atoms with Gasteiger partial charge in [-0.25, -0.2) is 4.79 Å². The molecule has 0 atom stereocenters. The summed E-state index contributed by atoms with van der Waals surface area (Å²) in [5.74, 6) is -0.407. The normalized spacial score (nSPS) is 12.2. The van der Waals surface area contributed by atoms with E-state index in [1.54, 1.807) is 31.4 Å². The quantitative estimate of drug-likeness (QED) is 0.497. The van der Waals surface area contributed by atoms with Gasteiger partial charge in [-0.1, -0.05) is 16.8 Å². The zero-order valence-corrected chi connectivity index (χ0v) is 12.3. The second-order valence-electron chi connectivity index (χ2n) is 4.01. The lowest BCUT2D eigenvalue weighted by Crippen LogP contribution is -2.08. The van der Waals surface area contributed by atoms with Crippen molar-refractivity contribution in [3.8, 4) is 5.75 Å². The van der Waals surface area contributed by atoms with Gasteiger partial charge in [0.2, 0.25) is 0 Å². The van der Waals surface area contributed by atoms with Crippen molar-refractivity contribution < 1.29 is 19.5 Å². The number of ether oxygens (including phenoxy) is 1. The minimum Gasteiger partial charge on any atom is -0.496 e. The van der Waals surface area contributed by atoms with Gasteiger partial charge in [-0.05, 0) is 43.7 Å². The molecule has 0 radical (unpaired) electrons. The summed E-state index contributed by atoms with van der Waals surface area (Å²) >= 11 is 5.95. The number of methoxy groups -OCH3 is 1. The molecule has 1 rings (SSSR count). The highest BCUT2D eigenvalue weighted by molar-refractivity contribution is 6.34. The molecule has 6 heteroatoms. The van der Waals surface area contributed by atoms with E-state index in [9.17, 15) is 4.79 Å². The number of rotatable bonds is 6. The predicted molar refractivity (Wildman–Crippen MR) is 78.4 cm³/mol. The number of oxime groups is 1. The maximum absolute atomic E-state index is 10.5. The van der Waals surface area contributed by atoms with Crippen LogP contribution in [-0.2, 0) is 9.63 Å². The van der Waals surface area contributed by atoms with Crippen LogP contribution in [0.4, 0.5) is 0 Å². The van der Waals surface area contributed by atoms with E-state index in [-0.39, 0.29) is 12.3 Å². The molecular formula is C14H16ClNO4. The highest BCUT2D eigenvalue weighted by Crippen LogP contribution is 2.28. The number of halogens is 1. The summed E-state index contributed by atoms with van der Waals surface area (Å²) in [5.41, 5.74) is 1.64. The summed E-state index contributed by atoms with van der Waals surface area (Å²) in [4.78, 5) is 15.4. The first kappa shape index (κ1) is 16.0. The van der Waals surface area contributed by atoms with Crippen molar-refractivity contribution in [3.63, 3.8) is 0 Å². The van der Waals surface area contributed by atoms with Crippen molar-refractivity contribution in [1.82, 2.24) is 0 Å². The average molecular weight is 298 g/mol. The zero-order valence-electron chi connectivity index (χ0n) is 11.5. The molecule has 0 spiro atoms. The number of carboxylic acids is 1. The second kappa shape index (κ2) is 7.55. The summed E-state index contributed by atoms with van der Waals surface area (Å²) in [6.07, 6.45) is 1.77. The number of allylic oxidation sites excluding steroid dienone is 1. The lowest BCUT2D eigenvalue weighted by Gasteiger charge is -2.09. The topological polar surface area (TPSA) is 68.1 Å². The minimum atomic E-state index is -1.11. The molecule has 108 valence electrons. The van der Waals surface area contributed by atoms with Gasteiger partial charge in [-0.15, -0.1) is 0 Å². The van der Waals surface area contributed by atoms with E-state index in [4.69, 9.17) is 26.3 Å². The van der Waals surface area contributed by atoms with Gasteiger partial charge in [-0.2, -0.15) is 0 Å². The Kier molecular flexibility index (Phi) is 6.06. The first-order chi connectivity index (χ1) is 9.45. The van der Waals surface area contributed by atoms with Crippen LogP contribution in [-0.4, -0.2) is 30.5 Å². The van der Waals surface area contributed by atoms with E-state index in [2.05, 4.69) is 5.16 Å². The average Bonchev–Trinajstić information content (AvgIpc) is 2.42. The monoisotopic (exact) mass is 297 g/mol. The van der Waals surface area contributed by atoms with Crippen LogP contribution in [0.1, 0.15) is 19.4 Å². The summed E-state index contributed by atoms with van der Waals surface area (Å²) < 4.78 is 5.25. The Morgan fingerprint density at radius 1 is 1.45 bits per heavy atom. The summed E-state index contributed by atoms with van der Waals surface area (Å²) in [7, 11) is 1.58. The molecule has 0 aliphatic rings. The Labute approximate surface area is 122 Å². The van der Waals surface area contributed by atoms with Gasteiger partial charge in [0, 0.05) is 10.6 Å². The minimum absolute atomic E-state index is 0.101. The molecule has 0 aliphatic heterocycles. The Hall–Kier alpha value is -2.01. The molecule has 0 fully saturated rings. The number of hydrogen-bond acceptors (Lipinski definition) is 4. The van der Waals surface area contributed by atoms with Crippen LogP contribution in [0.5, 0.6) is 5.75 Å². The van der Waals surface area contributed by atoms with Crippen molar-refractivity contribution in [2.45, 2.75) is 13.8 Å². The van der Waals surface area contributed by atoms with E-state index >= 15 is 0 Å². The molecular weight excluding hydrogens is 282 g/mol. The number of benzene rings is 1. The highest BCUT2D eigenvalue weighted by atomic mass is 35.5. The van der Waals surface area contributed by atoms with Crippen molar-refractivity contribution >= 4 is 28.9 Å². The maximum atomic E-state index is 10.5. The highest BCUT2D eigenvalue weighted by Gasteiger charge is 2.06. The van der Waals surface area contributed by atoms with E-state index in [1.807, 2.05) is 6.92 Å². The summed E-state index contributed by atoms with van der Waals surface area (Å²) in [6.45, 7) is 3.40. The number of carbonyl (C=O) groups is 1. The fourth-order valence-corrected chi connectivity index (χ4v) is 1.61. The first-order valence-corrected chi connectivity index (χ1v) is 6.24. The largest absolute Gasteiger partial charge is 0.496 e. The van der Waals surface area contributed by atoms with Gasteiger partial charge in [0.1, 0.15) is 12.4 Å². The van der Waals surface area contributed by atoms with Crippen LogP contribution >= 0.6 is 11.6 Å². The third-order valence-corrected chi connectivity index (χ3v) is 2.80. The molecule has 0 aliphatic carbocycles. The van der Waals surface area contributed by atoms with Gasteiger partial charge in [-0.3, -0.25) is 0 Å². The lowest BCUT2D eigenvalue weighted by molar-refractivity contribution is -0.129. The molecule has 0 aromatic heterocycles. The Balaban J connectivity index is 2.77. The van der Waals surface area contributed by atoms with Gasteiger partial charge >= 0.3 is 5.97 Å². The molecule has 0 bridgehead atoms. The molecule has 0 heterocycles. The SMILES string of the molecule is COc1ccc(Cl)cc1C(C)=CCON=C(C)C(=O)O. The molecule has 0 saturated heterocycles. The molecule has 0 amide bonds. The fourth-order valence-electron chi connectivity index (χ4n) is 1.43. The van der Waals surface area contributed by atoms with Crippen LogP contribution in [0, 0.1) is 0 Å². The summed E-state index contributed by atoms with van der Waals surface area (Å²) in [5, 5.41) is 12.7. The molecule has 1 aromatic carbocycles. The van der Waals surface area contributed by atoms with Crippen molar-refractivity contribution in [2.24, 2.45) is 5.16 Å². The van der Waals surface area contributed by atoms with E-state index in [1.165, 1.54) is 6.92 Å². The van der Waals surface area contributed by atoms with Crippen LogP contribution < -0.4 is 4.74 Å². The van der Waals surface area contributed by atoms with Crippen LogP contribution in [0.3, 0.4) is 0 Å². The maximum Gasteiger partial charge on any atom is 0.353 e. The molecule has 1 N–H and O–H groups in total. The third-order valence-electron chi connectivity index (χ3n) is 2.56. The van der Waals surface area contributed by atoms with E-state index in [0.717, 1.165) is 11.1 Å². The zero-order chi connectivity index (χ0) is 15.1. The molecule has 0 saturated carbocycles. The number of hydrogen-bond donors (Lipinski definition) is 1. The van der Waals surface area contributed by atoms with Crippen molar-refractivity contribution in [2.75, 3.05) is 13.7 Å². The third kappa shape index (κ3) is 4.59. The van der Waals surface area contributed by atoms with Crippen LogP contribution in [0.25, 0.3) is 5.57 Å². The molecule has 0 unspecified atom stereocenters. The van der Waals surface area contributed by atoms with Gasteiger partial charge in [0.25, 0.3) is 0 Å². The Bertz CT molecular complexity index is 552. The van der Waals surface area contributed by atoms with Gasteiger partial charge in [0.15, 0.2) is 5.71 Å². The van der Waals surface area contributed by atoms with Gasteiger partial charge < -0.3 is 14.7 Å². The number of aliphatic carboxylic acids is 1. The Morgan fingerprint density at radius 3 is 2.75 bits per heavy atom. The van der Waals surface area contributed by atoms with Crippen LogP contribution in [0.15, 0.2) is 29.4 Å². The standard InChI is InChI=1S/C14H16ClNO4/c1-9(6-7-20-16-10(2)14(17)18)12-8-11(15)4-5-13(12)19-3/h4-6,8H,7H2,1-3H3,(H,17,18). The summed E-state index contributed by atoms with van der Waals surface area (Å²) in [6, 6.07) is 5.31. The number of carboxylic acid groups (broad SMARTS) is 1. The van der Waals surface area contributed by atoms with Crippen molar-refractivity contribution in [3.05, 3.63) is 34.9 Å². The lowest BCUT2D eigenvalue weighted by atomic mass is 10.1. The predicted octanol–water partition coefficient (Wildman–Crippen LogP) is 3.23. The molecule has 20 heavy (non-hydrogen) atoms. The smallest absolute Gasteiger partial charge is 0.353 e. The number of nitrogens with zero attached hydrogens (tertiary/aromatic N) is 1. The second-order valence-corrected chi connectivity index (χ2v) is 4.45. The van der Waals surface area contributed by atoms with E-state index in [0.29, 0.717) is 10.8 Å². The first-order valence-electron chi connectivity index (χ1n) is 5.86. The molecule has 5 nitrogen and oxygen atoms in total.